The Balaban J connectivity index is 2.08. The molecule has 1 aromatic rings. The molecular formula is C10H15NO. The van der Waals surface area contributed by atoms with Gasteiger partial charge in [0.25, 0.3) is 0 Å². The lowest BCUT2D eigenvalue weighted by Crippen LogP contribution is -2.28. The predicted octanol–water partition coefficient (Wildman–Crippen LogP) is 2.58. The number of aryl methyl sites for hydroxylation is 1. The van der Waals surface area contributed by atoms with Crippen molar-refractivity contribution < 1.29 is 4.42 Å². The van der Waals surface area contributed by atoms with E-state index in [0.717, 1.165) is 24.7 Å². The van der Waals surface area contributed by atoms with Crippen LogP contribution in [0, 0.1) is 6.92 Å². The van der Waals surface area contributed by atoms with Crippen molar-refractivity contribution in [2.75, 3.05) is 18.0 Å². The van der Waals surface area contributed by atoms with Crippen LogP contribution in [0.2, 0.25) is 0 Å². The molecule has 12 heavy (non-hydrogen) atoms. The van der Waals surface area contributed by atoms with Crippen LogP contribution in [0.25, 0.3) is 0 Å². The van der Waals surface area contributed by atoms with Gasteiger partial charge < -0.3 is 9.32 Å². The standard InChI is InChI=1S/C10H15NO/c1-9-5-6-10(12-9)11-7-3-2-4-8-11/h5-6H,2-4,7-8H2,1H3. The molecule has 0 aliphatic carbocycles. The van der Waals surface area contributed by atoms with Gasteiger partial charge in [0.1, 0.15) is 5.76 Å². The third-order valence-corrected chi connectivity index (χ3v) is 2.39. The maximum Gasteiger partial charge on any atom is 0.195 e. The monoisotopic (exact) mass is 165 g/mol. The number of nitrogens with zero attached hydrogens (tertiary/aromatic N) is 1. The minimum absolute atomic E-state index is 1.01. The Morgan fingerprint density at radius 1 is 1.17 bits per heavy atom. The number of piperidine rings is 1. The van der Waals surface area contributed by atoms with Crippen molar-refractivity contribution in [2.45, 2.75) is 26.2 Å². The van der Waals surface area contributed by atoms with Gasteiger partial charge in [-0.2, -0.15) is 0 Å². The van der Waals surface area contributed by atoms with Crippen molar-refractivity contribution in [2.24, 2.45) is 0 Å². The Labute approximate surface area is 73.2 Å². The topological polar surface area (TPSA) is 16.4 Å². The highest BCUT2D eigenvalue weighted by atomic mass is 16.4. The zero-order chi connectivity index (χ0) is 8.39. The fourth-order valence-corrected chi connectivity index (χ4v) is 1.71. The maximum absolute atomic E-state index is 5.55. The van der Waals surface area contributed by atoms with Crippen LogP contribution >= 0.6 is 0 Å². The Morgan fingerprint density at radius 3 is 2.50 bits per heavy atom. The molecule has 2 nitrogen and oxygen atoms in total. The average molecular weight is 165 g/mol. The van der Waals surface area contributed by atoms with Crippen LogP contribution in [0.15, 0.2) is 16.5 Å². The van der Waals surface area contributed by atoms with E-state index >= 15 is 0 Å². The van der Waals surface area contributed by atoms with E-state index in [0.29, 0.717) is 0 Å². The molecule has 2 heteroatoms. The number of furan rings is 1. The lowest BCUT2D eigenvalue weighted by Gasteiger charge is -2.25. The van der Waals surface area contributed by atoms with Crippen molar-refractivity contribution in [3.8, 4) is 0 Å². The summed E-state index contributed by atoms with van der Waals surface area (Å²) < 4.78 is 5.55. The van der Waals surface area contributed by atoms with Gasteiger partial charge in [0.15, 0.2) is 5.88 Å². The zero-order valence-electron chi connectivity index (χ0n) is 7.55. The first-order chi connectivity index (χ1) is 5.86. The van der Waals surface area contributed by atoms with Crippen molar-refractivity contribution in [3.05, 3.63) is 17.9 Å². The van der Waals surface area contributed by atoms with E-state index in [1.807, 2.05) is 13.0 Å². The lowest BCUT2D eigenvalue weighted by atomic mass is 10.1. The molecule has 0 N–H and O–H groups in total. The fourth-order valence-electron chi connectivity index (χ4n) is 1.71. The third kappa shape index (κ3) is 1.47. The summed E-state index contributed by atoms with van der Waals surface area (Å²) in [7, 11) is 0. The fraction of sp³-hybridized carbons (Fsp3) is 0.600. The highest BCUT2D eigenvalue weighted by molar-refractivity contribution is 5.36. The molecule has 0 spiro atoms. The summed E-state index contributed by atoms with van der Waals surface area (Å²) in [5, 5.41) is 0. The molecule has 0 atom stereocenters. The van der Waals surface area contributed by atoms with Gasteiger partial charge in [-0.25, -0.2) is 0 Å². The molecule has 1 saturated heterocycles. The molecule has 2 rings (SSSR count). The molecule has 0 amide bonds. The minimum Gasteiger partial charge on any atom is -0.446 e. The van der Waals surface area contributed by atoms with Gasteiger partial charge >= 0.3 is 0 Å². The maximum atomic E-state index is 5.55. The first kappa shape index (κ1) is 7.71. The lowest BCUT2D eigenvalue weighted by molar-refractivity contribution is 0.485. The summed E-state index contributed by atoms with van der Waals surface area (Å²) >= 11 is 0. The van der Waals surface area contributed by atoms with Crippen molar-refractivity contribution in [1.29, 1.82) is 0 Å². The minimum atomic E-state index is 1.01. The molecule has 0 saturated carbocycles. The zero-order valence-corrected chi connectivity index (χ0v) is 7.55. The van der Waals surface area contributed by atoms with Crippen LogP contribution in [0.4, 0.5) is 5.88 Å². The molecule has 0 bridgehead atoms. The van der Waals surface area contributed by atoms with Crippen LogP contribution in [-0.4, -0.2) is 13.1 Å². The first-order valence-electron chi connectivity index (χ1n) is 4.67. The Bertz CT molecular complexity index is 248. The Kier molecular flexibility index (Phi) is 2.07. The molecule has 0 radical (unpaired) electrons. The summed E-state index contributed by atoms with van der Waals surface area (Å²) in [6.45, 7) is 4.31. The van der Waals surface area contributed by atoms with E-state index in [1.165, 1.54) is 19.3 Å². The summed E-state index contributed by atoms with van der Waals surface area (Å²) in [6.07, 6.45) is 3.98. The van der Waals surface area contributed by atoms with Crippen LogP contribution in [0.5, 0.6) is 0 Å². The quantitative estimate of drug-likeness (QED) is 0.636. The van der Waals surface area contributed by atoms with Gasteiger partial charge in [-0.05, 0) is 32.3 Å². The van der Waals surface area contributed by atoms with Crippen LogP contribution in [-0.2, 0) is 0 Å². The number of rotatable bonds is 1. The van der Waals surface area contributed by atoms with E-state index in [9.17, 15) is 0 Å². The van der Waals surface area contributed by atoms with Gasteiger partial charge in [0, 0.05) is 19.2 Å². The van der Waals surface area contributed by atoms with Gasteiger partial charge in [0.2, 0.25) is 0 Å². The summed E-state index contributed by atoms with van der Waals surface area (Å²) in [4.78, 5) is 2.33. The third-order valence-electron chi connectivity index (χ3n) is 2.39. The highest BCUT2D eigenvalue weighted by Gasteiger charge is 2.12. The number of hydrogen-bond donors (Lipinski definition) is 0. The van der Waals surface area contributed by atoms with Gasteiger partial charge in [-0.15, -0.1) is 0 Å². The average Bonchev–Trinajstić information content (AvgIpc) is 2.54. The second kappa shape index (κ2) is 3.21. The van der Waals surface area contributed by atoms with E-state index in [1.54, 1.807) is 0 Å². The van der Waals surface area contributed by atoms with E-state index < -0.39 is 0 Å². The van der Waals surface area contributed by atoms with E-state index in [4.69, 9.17) is 4.42 Å². The van der Waals surface area contributed by atoms with E-state index in [-0.39, 0.29) is 0 Å². The van der Waals surface area contributed by atoms with Crippen molar-refractivity contribution in [1.82, 2.24) is 0 Å². The van der Waals surface area contributed by atoms with Crippen LogP contribution in [0.1, 0.15) is 25.0 Å². The highest BCUT2D eigenvalue weighted by Crippen LogP contribution is 2.21. The summed E-state index contributed by atoms with van der Waals surface area (Å²) in [5.74, 6) is 2.06. The Morgan fingerprint density at radius 2 is 1.92 bits per heavy atom. The van der Waals surface area contributed by atoms with Crippen LogP contribution < -0.4 is 4.90 Å². The number of anilines is 1. The molecule has 66 valence electrons. The Hall–Kier alpha value is -0.920. The van der Waals surface area contributed by atoms with Gasteiger partial charge in [0.05, 0.1) is 0 Å². The molecule has 1 aliphatic heterocycles. The smallest absolute Gasteiger partial charge is 0.195 e. The first-order valence-corrected chi connectivity index (χ1v) is 4.67. The summed E-state index contributed by atoms with van der Waals surface area (Å²) in [5.41, 5.74) is 0. The normalized spacial score (nSPS) is 18.2. The SMILES string of the molecule is Cc1ccc(N2CCCCC2)o1. The molecule has 0 aromatic carbocycles. The largest absolute Gasteiger partial charge is 0.446 e. The molecule has 2 heterocycles. The van der Waals surface area contributed by atoms with Gasteiger partial charge in [-0.1, -0.05) is 0 Å². The molecule has 1 fully saturated rings. The molecular weight excluding hydrogens is 150 g/mol. The molecule has 0 unspecified atom stereocenters. The van der Waals surface area contributed by atoms with Crippen molar-refractivity contribution >= 4 is 5.88 Å². The molecule has 1 aliphatic rings. The second-order valence-corrected chi connectivity index (χ2v) is 3.43. The summed E-state index contributed by atoms with van der Waals surface area (Å²) in [6, 6.07) is 4.10. The second-order valence-electron chi connectivity index (χ2n) is 3.43. The predicted molar refractivity (Wildman–Crippen MR) is 49.5 cm³/mol. The van der Waals surface area contributed by atoms with Crippen molar-refractivity contribution in [3.63, 3.8) is 0 Å². The van der Waals surface area contributed by atoms with Gasteiger partial charge in [-0.3, -0.25) is 0 Å². The van der Waals surface area contributed by atoms with Crippen LogP contribution in [0.3, 0.4) is 0 Å². The number of hydrogen-bond acceptors (Lipinski definition) is 2. The molecule has 1 aromatic heterocycles. The van der Waals surface area contributed by atoms with E-state index in [2.05, 4.69) is 11.0 Å².